The molecule has 1 aromatic carbocycles. The van der Waals surface area contributed by atoms with Crippen molar-refractivity contribution in [3.05, 3.63) is 41.2 Å². The summed E-state index contributed by atoms with van der Waals surface area (Å²) in [5, 5.41) is 6.59. The first kappa shape index (κ1) is 16.4. The van der Waals surface area contributed by atoms with Crippen LogP contribution in [0.2, 0.25) is 0 Å². The molecule has 0 radical (unpaired) electrons. The molecule has 24 heavy (non-hydrogen) atoms. The topological polar surface area (TPSA) is 61.6 Å². The van der Waals surface area contributed by atoms with Gasteiger partial charge in [0.15, 0.2) is 5.82 Å². The Labute approximate surface area is 142 Å². The molecule has 0 spiro atoms. The number of nitrogens with one attached hydrogen (secondary N) is 1. The lowest BCUT2D eigenvalue weighted by Crippen LogP contribution is -2.50. The van der Waals surface area contributed by atoms with Crippen molar-refractivity contribution in [3.8, 4) is 0 Å². The van der Waals surface area contributed by atoms with Crippen LogP contribution in [0.1, 0.15) is 23.8 Å². The van der Waals surface area contributed by atoms with E-state index in [4.69, 9.17) is 4.52 Å². The molecule has 0 bridgehead atoms. The molecule has 6 heteroatoms. The lowest BCUT2D eigenvalue weighted by atomic mass is 10.0. The Hall–Kier alpha value is -2.50. The quantitative estimate of drug-likeness (QED) is 0.940. The van der Waals surface area contributed by atoms with Gasteiger partial charge >= 0.3 is 6.03 Å². The molecule has 1 saturated heterocycles. The minimum Gasteiger partial charge on any atom is -0.368 e. The fourth-order valence-corrected chi connectivity index (χ4v) is 3.20. The van der Waals surface area contributed by atoms with E-state index in [0.717, 1.165) is 19.5 Å². The van der Waals surface area contributed by atoms with Crippen LogP contribution in [0.5, 0.6) is 0 Å². The van der Waals surface area contributed by atoms with Gasteiger partial charge in [-0.25, -0.2) is 4.79 Å². The molecule has 2 heterocycles. The van der Waals surface area contributed by atoms with Crippen molar-refractivity contribution in [1.29, 1.82) is 0 Å². The second kappa shape index (κ2) is 6.95. The van der Waals surface area contributed by atoms with Gasteiger partial charge < -0.3 is 14.3 Å². The van der Waals surface area contributed by atoms with Gasteiger partial charge in [0.25, 0.3) is 0 Å². The Balaban J connectivity index is 1.63. The van der Waals surface area contributed by atoms with Crippen molar-refractivity contribution < 1.29 is 9.32 Å². The molecule has 3 rings (SSSR count). The minimum absolute atomic E-state index is 0.122. The third kappa shape index (κ3) is 3.37. The zero-order valence-corrected chi connectivity index (χ0v) is 14.5. The van der Waals surface area contributed by atoms with Crippen molar-refractivity contribution >= 4 is 17.5 Å². The van der Waals surface area contributed by atoms with Crippen LogP contribution in [-0.4, -0.2) is 42.3 Å². The maximum absolute atomic E-state index is 12.3. The van der Waals surface area contributed by atoms with Gasteiger partial charge in [-0.05, 0) is 31.4 Å². The zero-order valence-electron chi connectivity index (χ0n) is 14.5. The van der Waals surface area contributed by atoms with E-state index in [1.54, 1.807) is 13.0 Å². The summed E-state index contributed by atoms with van der Waals surface area (Å²) in [6.07, 6.45) is 1.02. The van der Waals surface area contributed by atoms with Gasteiger partial charge in [0.1, 0.15) is 5.76 Å². The van der Waals surface area contributed by atoms with E-state index in [0.29, 0.717) is 24.7 Å². The number of para-hydroxylation sites is 1. The molecule has 1 aromatic heterocycles. The molecule has 0 saturated carbocycles. The summed E-state index contributed by atoms with van der Waals surface area (Å²) in [5.41, 5.74) is 3.99. The van der Waals surface area contributed by atoms with Crippen LogP contribution in [0.15, 0.2) is 28.8 Å². The smallest absolute Gasteiger partial charge is 0.323 e. The summed E-state index contributed by atoms with van der Waals surface area (Å²) in [6, 6.07) is 8.05. The van der Waals surface area contributed by atoms with Crippen LogP contribution >= 0.6 is 0 Å². The number of benzene rings is 1. The van der Waals surface area contributed by atoms with Crippen LogP contribution in [0.4, 0.5) is 16.3 Å². The van der Waals surface area contributed by atoms with Gasteiger partial charge in [-0.1, -0.05) is 30.3 Å². The highest BCUT2D eigenvalue weighted by atomic mass is 16.5. The molecular formula is C18H24N4O2. The monoisotopic (exact) mass is 328 g/mol. The van der Waals surface area contributed by atoms with Gasteiger partial charge in [-0.2, -0.15) is 0 Å². The van der Waals surface area contributed by atoms with E-state index in [2.05, 4.69) is 47.4 Å². The fraction of sp³-hybridized carbons (Fsp3) is 0.444. The molecule has 2 amide bonds. The summed E-state index contributed by atoms with van der Waals surface area (Å²) in [4.78, 5) is 16.5. The summed E-state index contributed by atoms with van der Waals surface area (Å²) in [7, 11) is 0. The Kier molecular flexibility index (Phi) is 4.74. The zero-order chi connectivity index (χ0) is 17.1. The number of amides is 2. The molecular weight excluding hydrogens is 304 g/mol. The molecule has 1 aliphatic rings. The second-order valence-electron chi connectivity index (χ2n) is 6.16. The Bertz CT molecular complexity index is 718. The summed E-state index contributed by atoms with van der Waals surface area (Å²) >= 11 is 0. The lowest BCUT2D eigenvalue weighted by molar-refractivity contribution is 0.208. The lowest BCUT2D eigenvalue weighted by Gasteiger charge is -2.37. The van der Waals surface area contributed by atoms with E-state index in [1.807, 2.05) is 4.90 Å². The Morgan fingerprint density at radius 3 is 2.62 bits per heavy atom. The van der Waals surface area contributed by atoms with Crippen molar-refractivity contribution in [2.45, 2.75) is 27.2 Å². The molecule has 0 unspecified atom stereocenters. The fourth-order valence-electron chi connectivity index (χ4n) is 3.20. The number of aromatic nitrogens is 1. The number of carbonyl (C=O) groups is 1. The summed E-state index contributed by atoms with van der Waals surface area (Å²) < 4.78 is 4.97. The first-order valence-electron chi connectivity index (χ1n) is 8.41. The van der Waals surface area contributed by atoms with Crippen LogP contribution in [0.3, 0.4) is 0 Å². The van der Waals surface area contributed by atoms with Crippen molar-refractivity contribution in [3.63, 3.8) is 0 Å². The van der Waals surface area contributed by atoms with E-state index in [1.165, 1.54) is 16.8 Å². The van der Waals surface area contributed by atoms with Gasteiger partial charge in [0.2, 0.25) is 0 Å². The number of hydrogen-bond donors (Lipinski definition) is 1. The van der Waals surface area contributed by atoms with Crippen molar-refractivity contribution in [2.24, 2.45) is 0 Å². The number of carbonyl (C=O) groups excluding carboxylic acids is 1. The average molecular weight is 328 g/mol. The number of anilines is 2. The third-order valence-corrected chi connectivity index (χ3v) is 4.45. The molecule has 128 valence electrons. The van der Waals surface area contributed by atoms with Crippen molar-refractivity contribution in [2.75, 3.05) is 36.4 Å². The summed E-state index contributed by atoms with van der Waals surface area (Å²) in [5.74, 6) is 1.15. The largest absolute Gasteiger partial charge is 0.368 e. The van der Waals surface area contributed by atoms with Gasteiger partial charge in [-0.3, -0.25) is 5.32 Å². The van der Waals surface area contributed by atoms with Crippen LogP contribution in [0.25, 0.3) is 0 Å². The van der Waals surface area contributed by atoms with Crippen LogP contribution in [0, 0.1) is 13.8 Å². The van der Waals surface area contributed by atoms with E-state index in [9.17, 15) is 4.79 Å². The summed E-state index contributed by atoms with van der Waals surface area (Å²) in [6.45, 7) is 9.20. The molecule has 6 nitrogen and oxygen atoms in total. The second-order valence-corrected chi connectivity index (χ2v) is 6.16. The number of nitrogens with zero attached hydrogens (tertiary/aromatic N) is 3. The van der Waals surface area contributed by atoms with Crippen LogP contribution in [-0.2, 0) is 6.42 Å². The number of rotatable bonds is 3. The van der Waals surface area contributed by atoms with Crippen molar-refractivity contribution in [1.82, 2.24) is 10.1 Å². The SMILES string of the molecule is CCc1cccc(C)c1N1CCN(C(=O)Nc2cc(C)on2)CC1. The molecule has 0 atom stereocenters. The highest BCUT2D eigenvalue weighted by molar-refractivity contribution is 5.88. The predicted molar refractivity (Wildman–Crippen MR) is 94.6 cm³/mol. The minimum atomic E-state index is -0.122. The number of piperazine rings is 1. The first-order chi connectivity index (χ1) is 11.6. The van der Waals surface area contributed by atoms with Gasteiger partial charge in [0.05, 0.1) is 0 Å². The normalized spacial score (nSPS) is 14.8. The Morgan fingerprint density at radius 2 is 2.00 bits per heavy atom. The first-order valence-corrected chi connectivity index (χ1v) is 8.41. The highest BCUT2D eigenvalue weighted by Crippen LogP contribution is 2.26. The number of aryl methyl sites for hydroxylation is 3. The van der Waals surface area contributed by atoms with Gasteiger partial charge in [-0.15, -0.1) is 0 Å². The third-order valence-electron chi connectivity index (χ3n) is 4.45. The van der Waals surface area contributed by atoms with E-state index < -0.39 is 0 Å². The Morgan fingerprint density at radius 1 is 1.25 bits per heavy atom. The standard InChI is InChI=1S/C18H24N4O2/c1-4-15-7-5-6-13(2)17(15)21-8-10-22(11-9-21)18(23)19-16-12-14(3)24-20-16/h5-7,12H,4,8-11H2,1-3H3,(H,19,20,23). The van der Waals surface area contributed by atoms with Gasteiger partial charge in [0, 0.05) is 37.9 Å². The van der Waals surface area contributed by atoms with E-state index in [-0.39, 0.29) is 6.03 Å². The maximum atomic E-state index is 12.3. The van der Waals surface area contributed by atoms with Crippen LogP contribution < -0.4 is 10.2 Å². The molecule has 1 aliphatic heterocycles. The maximum Gasteiger partial charge on any atom is 0.323 e. The molecule has 1 N–H and O–H groups in total. The molecule has 0 aliphatic carbocycles. The molecule has 1 fully saturated rings. The number of urea groups is 1. The highest BCUT2D eigenvalue weighted by Gasteiger charge is 2.23. The number of hydrogen-bond acceptors (Lipinski definition) is 4. The predicted octanol–water partition coefficient (Wildman–Crippen LogP) is 3.21. The van der Waals surface area contributed by atoms with E-state index >= 15 is 0 Å². The molecule has 2 aromatic rings. The average Bonchev–Trinajstić information content (AvgIpc) is 2.99.